The van der Waals surface area contributed by atoms with Crippen LogP contribution in [0.1, 0.15) is 15.9 Å². The van der Waals surface area contributed by atoms with E-state index < -0.39 is 0 Å². The molecule has 3 rings (SSSR count). The van der Waals surface area contributed by atoms with Gasteiger partial charge < -0.3 is 19.5 Å². The first kappa shape index (κ1) is 19.3. The molecule has 0 atom stereocenters. The van der Waals surface area contributed by atoms with Gasteiger partial charge in [0.25, 0.3) is 5.91 Å². The van der Waals surface area contributed by atoms with Gasteiger partial charge in [-0.25, -0.2) is 0 Å². The number of carbonyl (C=O) groups is 1. The van der Waals surface area contributed by atoms with Crippen molar-refractivity contribution < 1.29 is 19.4 Å². The number of piperazine rings is 1. The highest BCUT2D eigenvalue weighted by Gasteiger charge is 2.23. The number of halogens is 1. The third-order valence-corrected chi connectivity index (χ3v) is 4.91. The van der Waals surface area contributed by atoms with Crippen molar-refractivity contribution in [1.82, 2.24) is 9.80 Å². The average Bonchev–Trinajstić information content (AvgIpc) is 2.69. The third-order valence-electron chi connectivity index (χ3n) is 4.68. The maximum Gasteiger partial charge on any atom is 0.253 e. The van der Waals surface area contributed by atoms with Gasteiger partial charge in [0.15, 0.2) is 11.5 Å². The van der Waals surface area contributed by atoms with Crippen molar-refractivity contribution in [3.8, 4) is 17.2 Å². The number of carbonyl (C=O) groups excluding carboxylic acids is 1. The van der Waals surface area contributed by atoms with E-state index >= 15 is 0 Å². The fourth-order valence-electron chi connectivity index (χ4n) is 3.21. The van der Waals surface area contributed by atoms with Crippen molar-refractivity contribution in [1.29, 1.82) is 0 Å². The predicted octanol–water partition coefficient (Wildman–Crippen LogP) is 3.02. The second-order valence-electron chi connectivity index (χ2n) is 6.43. The van der Waals surface area contributed by atoms with Gasteiger partial charge in [-0.1, -0.05) is 17.7 Å². The fraction of sp³-hybridized carbons (Fsp3) is 0.350. The van der Waals surface area contributed by atoms with Gasteiger partial charge in [0.1, 0.15) is 0 Å². The number of nitrogens with zero attached hydrogens (tertiary/aromatic N) is 2. The molecule has 1 aliphatic rings. The molecular formula is C20H23ClN2O4. The van der Waals surface area contributed by atoms with Gasteiger partial charge in [-0.15, -0.1) is 0 Å². The van der Waals surface area contributed by atoms with Gasteiger partial charge in [0.2, 0.25) is 5.75 Å². The standard InChI is InChI=1S/C20H23ClN2O4/c1-26-17-10-14(11-18(27-2)19(17)24)13-22-6-8-23(9-7-22)20(25)15-4-3-5-16(21)12-15/h3-5,10-12,24H,6-9,13H2,1-2H3. The van der Waals surface area contributed by atoms with E-state index in [9.17, 15) is 9.90 Å². The van der Waals surface area contributed by atoms with Gasteiger partial charge in [-0.3, -0.25) is 9.69 Å². The number of amides is 1. The summed E-state index contributed by atoms with van der Waals surface area (Å²) in [4.78, 5) is 16.7. The summed E-state index contributed by atoms with van der Waals surface area (Å²) in [6.45, 7) is 3.51. The zero-order valence-corrected chi connectivity index (χ0v) is 16.2. The molecule has 1 saturated heterocycles. The smallest absolute Gasteiger partial charge is 0.253 e. The van der Waals surface area contributed by atoms with E-state index in [4.69, 9.17) is 21.1 Å². The number of methoxy groups -OCH3 is 2. The Labute approximate surface area is 163 Å². The van der Waals surface area contributed by atoms with Crippen LogP contribution in [0, 0.1) is 0 Å². The van der Waals surface area contributed by atoms with E-state index in [-0.39, 0.29) is 11.7 Å². The molecule has 1 fully saturated rings. The van der Waals surface area contributed by atoms with Crippen LogP contribution in [-0.4, -0.2) is 61.2 Å². The molecule has 1 heterocycles. The van der Waals surface area contributed by atoms with E-state index in [0.717, 1.165) is 18.7 Å². The second kappa shape index (κ2) is 8.50. The first-order valence-electron chi connectivity index (χ1n) is 8.73. The number of phenolic OH excluding ortho intramolecular Hbond substituents is 1. The Balaban J connectivity index is 1.62. The van der Waals surface area contributed by atoms with Crippen LogP contribution in [0.15, 0.2) is 36.4 Å². The lowest BCUT2D eigenvalue weighted by atomic mass is 10.1. The van der Waals surface area contributed by atoms with Crippen molar-refractivity contribution in [3.05, 3.63) is 52.5 Å². The maximum atomic E-state index is 12.6. The number of aromatic hydroxyl groups is 1. The molecule has 27 heavy (non-hydrogen) atoms. The predicted molar refractivity (Wildman–Crippen MR) is 104 cm³/mol. The molecule has 2 aromatic rings. The minimum absolute atomic E-state index is 0.000637. The van der Waals surface area contributed by atoms with Crippen LogP contribution in [-0.2, 0) is 6.54 Å². The number of hydrogen-bond acceptors (Lipinski definition) is 5. The molecule has 0 radical (unpaired) electrons. The van der Waals surface area contributed by atoms with Crippen LogP contribution < -0.4 is 9.47 Å². The molecule has 6 nitrogen and oxygen atoms in total. The summed E-state index contributed by atoms with van der Waals surface area (Å²) < 4.78 is 10.4. The van der Waals surface area contributed by atoms with Crippen LogP contribution in [0.3, 0.4) is 0 Å². The Morgan fingerprint density at radius 3 is 2.26 bits per heavy atom. The summed E-state index contributed by atoms with van der Waals surface area (Å²) in [6.07, 6.45) is 0. The van der Waals surface area contributed by atoms with Crippen LogP contribution in [0.25, 0.3) is 0 Å². The van der Waals surface area contributed by atoms with E-state index in [1.807, 2.05) is 4.90 Å². The molecule has 1 N–H and O–H groups in total. The Hall–Kier alpha value is -2.44. The minimum atomic E-state index is 0.000637. The molecule has 0 spiro atoms. The van der Waals surface area contributed by atoms with E-state index in [2.05, 4.69) is 4.90 Å². The normalized spacial score (nSPS) is 14.9. The SMILES string of the molecule is COc1cc(CN2CCN(C(=O)c3cccc(Cl)c3)CC2)cc(OC)c1O. The molecule has 1 amide bonds. The van der Waals surface area contributed by atoms with Crippen LogP contribution >= 0.6 is 11.6 Å². The van der Waals surface area contributed by atoms with Crippen molar-refractivity contribution in [2.45, 2.75) is 6.54 Å². The summed E-state index contributed by atoms with van der Waals surface area (Å²) >= 11 is 5.98. The summed E-state index contributed by atoms with van der Waals surface area (Å²) in [6, 6.07) is 10.7. The molecule has 2 aromatic carbocycles. The molecule has 0 saturated carbocycles. The molecule has 0 bridgehead atoms. The highest BCUT2D eigenvalue weighted by Crippen LogP contribution is 2.37. The first-order valence-corrected chi connectivity index (χ1v) is 9.10. The van der Waals surface area contributed by atoms with E-state index in [1.165, 1.54) is 14.2 Å². The Morgan fingerprint density at radius 2 is 1.70 bits per heavy atom. The molecular weight excluding hydrogens is 368 g/mol. The number of benzene rings is 2. The molecule has 1 aliphatic heterocycles. The Morgan fingerprint density at radius 1 is 1.07 bits per heavy atom. The summed E-state index contributed by atoms with van der Waals surface area (Å²) in [5.41, 5.74) is 1.60. The highest BCUT2D eigenvalue weighted by atomic mass is 35.5. The summed E-state index contributed by atoms with van der Waals surface area (Å²) in [7, 11) is 3.02. The molecule has 7 heteroatoms. The lowest BCUT2D eigenvalue weighted by molar-refractivity contribution is 0.0628. The topological polar surface area (TPSA) is 62.2 Å². The molecule has 0 aromatic heterocycles. The Kier molecular flexibility index (Phi) is 6.08. The molecule has 0 aliphatic carbocycles. The van der Waals surface area contributed by atoms with Crippen molar-refractivity contribution >= 4 is 17.5 Å². The molecule has 0 unspecified atom stereocenters. The zero-order chi connectivity index (χ0) is 19.4. The zero-order valence-electron chi connectivity index (χ0n) is 15.4. The quantitative estimate of drug-likeness (QED) is 0.850. The lowest BCUT2D eigenvalue weighted by Gasteiger charge is -2.35. The number of phenols is 1. The van der Waals surface area contributed by atoms with Crippen molar-refractivity contribution in [2.24, 2.45) is 0 Å². The fourth-order valence-corrected chi connectivity index (χ4v) is 3.40. The van der Waals surface area contributed by atoms with E-state index in [0.29, 0.717) is 41.7 Å². The summed E-state index contributed by atoms with van der Waals surface area (Å²) in [5, 5.41) is 10.6. The minimum Gasteiger partial charge on any atom is -0.502 e. The van der Waals surface area contributed by atoms with Crippen LogP contribution in [0.2, 0.25) is 5.02 Å². The first-order chi connectivity index (χ1) is 13.0. The Bertz CT molecular complexity index is 794. The van der Waals surface area contributed by atoms with E-state index in [1.54, 1.807) is 36.4 Å². The summed E-state index contributed by atoms with van der Waals surface area (Å²) in [5.74, 6) is 0.782. The van der Waals surface area contributed by atoms with Gasteiger partial charge in [-0.2, -0.15) is 0 Å². The maximum absolute atomic E-state index is 12.6. The second-order valence-corrected chi connectivity index (χ2v) is 6.86. The average molecular weight is 391 g/mol. The van der Waals surface area contributed by atoms with Gasteiger partial charge in [-0.05, 0) is 35.9 Å². The van der Waals surface area contributed by atoms with Gasteiger partial charge >= 0.3 is 0 Å². The van der Waals surface area contributed by atoms with Crippen LogP contribution in [0.5, 0.6) is 17.2 Å². The number of ether oxygens (including phenoxy) is 2. The van der Waals surface area contributed by atoms with Gasteiger partial charge in [0.05, 0.1) is 14.2 Å². The van der Waals surface area contributed by atoms with Crippen LogP contribution in [0.4, 0.5) is 0 Å². The number of hydrogen-bond donors (Lipinski definition) is 1. The number of rotatable bonds is 5. The highest BCUT2D eigenvalue weighted by molar-refractivity contribution is 6.30. The largest absolute Gasteiger partial charge is 0.502 e. The monoisotopic (exact) mass is 390 g/mol. The van der Waals surface area contributed by atoms with Crippen molar-refractivity contribution in [3.63, 3.8) is 0 Å². The molecule has 144 valence electrons. The van der Waals surface area contributed by atoms with Crippen molar-refractivity contribution in [2.75, 3.05) is 40.4 Å². The lowest BCUT2D eigenvalue weighted by Crippen LogP contribution is -2.48. The van der Waals surface area contributed by atoms with Gasteiger partial charge in [0, 0.05) is 43.3 Å². The third kappa shape index (κ3) is 4.46.